The Bertz CT molecular complexity index is 501. The van der Waals surface area contributed by atoms with Crippen LogP contribution in [0.4, 0.5) is 5.82 Å². The van der Waals surface area contributed by atoms with E-state index < -0.39 is 0 Å². The van der Waals surface area contributed by atoms with Gasteiger partial charge in [-0.25, -0.2) is 9.97 Å². The molecular formula is C16H27N5O2. The summed E-state index contributed by atoms with van der Waals surface area (Å²) in [6.07, 6.45) is 2.02. The molecule has 1 aromatic rings. The Labute approximate surface area is 137 Å². The Hall–Kier alpha value is -1.28. The molecular weight excluding hydrogens is 294 g/mol. The number of nitrogens with one attached hydrogen (secondary N) is 1. The van der Waals surface area contributed by atoms with Crippen LogP contribution in [0.25, 0.3) is 0 Å². The molecule has 2 heterocycles. The van der Waals surface area contributed by atoms with Crippen molar-refractivity contribution in [3.8, 4) is 0 Å². The summed E-state index contributed by atoms with van der Waals surface area (Å²) in [5, 5.41) is 3.43. The molecule has 0 amide bonds. The van der Waals surface area contributed by atoms with Gasteiger partial charge in [0.15, 0.2) is 5.82 Å². The van der Waals surface area contributed by atoms with Crippen molar-refractivity contribution in [2.24, 2.45) is 5.73 Å². The molecule has 0 bridgehead atoms. The summed E-state index contributed by atoms with van der Waals surface area (Å²) in [6, 6.07) is 2.38. The van der Waals surface area contributed by atoms with Crippen LogP contribution in [0.15, 0.2) is 6.07 Å². The van der Waals surface area contributed by atoms with E-state index in [4.69, 9.17) is 15.2 Å². The largest absolute Gasteiger partial charge is 0.379 e. The molecule has 1 aromatic heterocycles. The first-order valence-corrected chi connectivity index (χ1v) is 8.41. The average molecular weight is 321 g/mol. The molecule has 1 saturated carbocycles. The van der Waals surface area contributed by atoms with Crippen LogP contribution in [0, 0.1) is 0 Å². The lowest BCUT2D eigenvalue weighted by Gasteiger charge is -2.32. The zero-order valence-electron chi connectivity index (χ0n) is 13.8. The summed E-state index contributed by atoms with van der Waals surface area (Å²) in [4.78, 5) is 11.6. The van der Waals surface area contributed by atoms with Crippen LogP contribution >= 0.6 is 0 Å². The molecule has 0 unspecified atom stereocenters. The molecule has 1 aliphatic carbocycles. The van der Waals surface area contributed by atoms with Crippen LogP contribution in [0.5, 0.6) is 0 Å². The van der Waals surface area contributed by atoms with Crippen molar-refractivity contribution < 1.29 is 9.47 Å². The van der Waals surface area contributed by atoms with E-state index in [1.165, 1.54) is 0 Å². The fourth-order valence-electron chi connectivity index (χ4n) is 3.08. The molecule has 3 rings (SSSR count). The van der Waals surface area contributed by atoms with Gasteiger partial charge in [0.05, 0.1) is 13.2 Å². The third kappa shape index (κ3) is 4.60. The van der Waals surface area contributed by atoms with Crippen LogP contribution in [0.3, 0.4) is 0 Å². The topological polar surface area (TPSA) is 85.5 Å². The van der Waals surface area contributed by atoms with Crippen LogP contribution in [-0.4, -0.2) is 67.4 Å². The molecule has 7 nitrogen and oxygen atoms in total. The van der Waals surface area contributed by atoms with Gasteiger partial charge in [-0.05, 0) is 12.8 Å². The number of aromatic nitrogens is 2. The van der Waals surface area contributed by atoms with Crippen molar-refractivity contribution in [1.82, 2.24) is 14.9 Å². The highest BCUT2D eigenvalue weighted by atomic mass is 16.5. The van der Waals surface area contributed by atoms with E-state index in [1.807, 2.05) is 0 Å². The SMILES string of the molecule is COCc1nc(NCCN2CCOCC2)cc(C2CC(N)C2)n1. The van der Waals surface area contributed by atoms with Crippen molar-refractivity contribution in [2.45, 2.75) is 31.4 Å². The standard InChI is InChI=1S/C16H27N5O2/c1-22-11-16-19-14(12-8-13(17)9-12)10-15(20-16)18-2-3-21-4-6-23-7-5-21/h10,12-13H,2-9,11,17H2,1H3,(H,18,19,20). The first-order chi connectivity index (χ1) is 11.2. The van der Waals surface area contributed by atoms with E-state index in [-0.39, 0.29) is 0 Å². The molecule has 3 N–H and O–H groups in total. The zero-order chi connectivity index (χ0) is 16.1. The third-order valence-electron chi connectivity index (χ3n) is 4.50. The summed E-state index contributed by atoms with van der Waals surface area (Å²) >= 11 is 0. The van der Waals surface area contributed by atoms with Crippen molar-refractivity contribution in [2.75, 3.05) is 51.8 Å². The van der Waals surface area contributed by atoms with Gasteiger partial charge in [0.2, 0.25) is 0 Å². The third-order valence-corrected chi connectivity index (χ3v) is 4.50. The van der Waals surface area contributed by atoms with E-state index in [2.05, 4.69) is 26.3 Å². The Balaban J connectivity index is 1.58. The average Bonchev–Trinajstić information content (AvgIpc) is 2.53. The number of hydrogen-bond acceptors (Lipinski definition) is 7. The Kier molecular flexibility index (Phi) is 5.77. The number of nitrogens with two attached hydrogens (primary N) is 1. The smallest absolute Gasteiger partial charge is 0.156 e. The number of ether oxygens (including phenoxy) is 2. The molecule has 0 atom stereocenters. The number of nitrogens with zero attached hydrogens (tertiary/aromatic N) is 3. The summed E-state index contributed by atoms with van der Waals surface area (Å²) in [5.74, 6) is 2.08. The van der Waals surface area contributed by atoms with Gasteiger partial charge in [-0.1, -0.05) is 0 Å². The maximum Gasteiger partial charge on any atom is 0.156 e. The minimum Gasteiger partial charge on any atom is -0.379 e. The molecule has 128 valence electrons. The van der Waals surface area contributed by atoms with Crippen LogP contribution in [-0.2, 0) is 16.1 Å². The molecule has 23 heavy (non-hydrogen) atoms. The number of morpholine rings is 1. The molecule has 7 heteroatoms. The van der Waals surface area contributed by atoms with Crippen LogP contribution < -0.4 is 11.1 Å². The molecule has 0 spiro atoms. The molecule has 1 saturated heterocycles. The van der Waals surface area contributed by atoms with E-state index in [9.17, 15) is 0 Å². The predicted molar refractivity (Wildman–Crippen MR) is 88.4 cm³/mol. The van der Waals surface area contributed by atoms with Crippen molar-refractivity contribution in [3.63, 3.8) is 0 Å². The Morgan fingerprint density at radius 2 is 2.13 bits per heavy atom. The van der Waals surface area contributed by atoms with E-state index in [1.54, 1.807) is 7.11 Å². The molecule has 2 aliphatic rings. The highest BCUT2D eigenvalue weighted by Gasteiger charge is 2.29. The van der Waals surface area contributed by atoms with Gasteiger partial charge in [-0.3, -0.25) is 4.90 Å². The van der Waals surface area contributed by atoms with Gasteiger partial charge in [0.25, 0.3) is 0 Å². The monoisotopic (exact) mass is 321 g/mol. The lowest BCUT2D eigenvalue weighted by Crippen LogP contribution is -2.39. The normalized spacial score (nSPS) is 25.1. The second-order valence-corrected chi connectivity index (χ2v) is 6.34. The van der Waals surface area contributed by atoms with Crippen molar-refractivity contribution in [1.29, 1.82) is 0 Å². The highest BCUT2D eigenvalue weighted by Crippen LogP contribution is 2.35. The molecule has 2 fully saturated rings. The van der Waals surface area contributed by atoms with Gasteiger partial charge in [0, 0.05) is 57.0 Å². The van der Waals surface area contributed by atoms with E-state index in [0.29, 0.717) is 18.6 Å². The summed E-state index contributed by atoms with van der Waals surface area (Å²) < 4.78 is 10.6. The first kappa shape index (κ1) is 16.6. The van der Waals surface area contributed by atoms with Gasteiger partial charge in [0.1, 0.15) is 12.4 Å². The minimum absolute atomic E-state index is 0.318. The second kappa shape index (κ2) is 8.01. The van der Waals surface area contributed by atoms with Gasteiger partial charge in [-0.15, -0.1) is 0 Å². The van der Waals surface area contributed by atoms with Crippen LogP contribution in [0.2, 0.25) is 0 Å². The van der Waals surface area contributed by atoms with Gasteiger partial charge in [-0.2, -0.15) is 0 Å². The quantitative estimate of drug-likeness (QED) is 0.759. The van der Waals surface area contributed by atoms with E-state index in [0.717, 1.165) is 69.6 Å². The lowest BCUT2D eigenvalue weighted by atomic mass is 9.78. The molecule has 0 radical (unpaired) electrons. The lowest BCUT2D eigenvalue weighted by molar-refractivity contribution is 0.0398. The fraction of sp³-hybridized carbons (Fsp3) is 0.750. The molecule has 0 aromatic carbocycles. The Morgan fingerprint density at radius 1 is 1.35 bits per heavy atom. The van der Waals surface area contributed by atoms with Gasteiger partial charge < -0.3 is 20.5 Å². The number of methoxy groups -OCH3 is 1. The van der Waals surface area contributed by atoms with E-state index >= 15 is 0 Å². The number of hydrogen-bond donors (Lipinski definition) is 2. The maximum atomic E-state index is 5.90. The summed E-state index contributed by atoms with van der Waals surface area (Å²) in [5.41, 5.74) is 6.99. The van der Waals surface area contributed by atoms with Crippen molar-refractivity contribution >= 4 is 5.82 Å². The fourth-order valence-corrected chi connectivity index (χ4v) is 3.08. The number of anilines is 1. The summed E-state index contributed by atoms with van der Waals surface area (Å²) in [6.45, 7) is 5.97. The summed E-state index contributed by atoms with van der Waals surface area (Å²) in [7, 11) is 1.67. The molecule has 1 aliphatic heterocycles. The second-order valence-electron chi connectivity index (χ2n) is 6.34. The highest BCUT2D eigenvalue weighted by molar-refractivity contribution is 5.37. The van der Waals surface area contributed by atoms with Crippen molar-refractivity contribution in [3.05, 3.63) is 17.6 Å². The Morgan fingerprint density at radius 3 is 2.83 bits per heavy atom. The maximum absolute atomic E-state index is 5.90. The number of rotatable bonds is 7. The van der Waals surface area contributed by atoms with Gasteiger partial charge >= 0.3 is 0 Å². The minimum atomic E-state index is 0.318. The predicted octanol–water partition coefficient (Wildman–Crippen LogP) is 0.572. The van der Waals surface area contributed by atoms with Crippen LogP contribution in [0.1, 0.15) is 30.3 Å². The first-order valence-electron chi connectivity index (χ1n) is 8.41. The zero-order valence-corrected chi connectivity index (χ0v) is 13.8.